The number of thiazole rings is 1. The fourth-order valence-corrected chi connectivity index (χ4v) is 3.95. The number of anilines is 2. The van der Waals surface area contributed by atoms with E-state index in [-0.39, 0.29) is 0 Å². The molecule has 2 aromatic carbocycles. The second-order valence-electron chi connectivity index (χ2n) is 5.06. The molecule has 0 aliphatic carbocycles. The van der Waals surface area contributed by atoms with E-state index in [1.54, 1.807) is 30.2 Å². The van der Waals surface area contributed by atoms with Crippen LogP contribution >= 0.6 is 23.1 Å². The Kier molecular flexibility index (Phi) is 4.29. The molecule has 4 aromatic rings. The second-order valence-corrected chi connectivity index (χ2v) is 6.94. The summed E-state index contributed by atoms with van der Waals surface area (Å²) < 4.78 is 12.2. The Morgan fingerprint density at radius 3 is 2.84 bits per heavy atom. The molecule has 0 saturated carbocycles. The van der Waals surface area contributed by atoms with Crippen LogP contribution in [0.1, 0.15) is 0 Å². The quantitative estimate of drug-likeness (QED) is 0.505. The number of aromatic nitrogens is 3. The molecule has 2 heterocycles. The maximum Gasteiger partial charge on any atom is 0.322 e. The highest BCUT2D eigenvalue weighted by Crippen LogP contribution is 2.34. The summed E-state index contributed by atoms with van der Waals surface area (Å²) in [4.78, 5) is 5.77. The molecule has 0 aliphatic rings. The van der Waals surface area contributed by atoms with Crippen molar-refractivity contribution in [1.82, 2.24) is 15.2 Å². The van der Waals surface area contributed by atoms with E-state index >= 15 is 0 Å². The van der Waals surface area contributed by atoms with E-state index in [1.165, 1.54) is 0 Å². The number of thioether (sulfide) groups is 1. The Hall–Kier alpha value is -2.58. The molecule has 1 N–H and O–H groups in total. The summed E-state index contributed by atoms with van der Waals surface area (Å²) in [6, 6.07) is 13.9. The minimum atomic E-state index is 0.297. The first-order valence-electron chi connectivity index (χ1n) is 7.46. The van der Waals surface area contributed by atoms with Crippen molar-refractivity contribution in [2.75, 3.05) is 18.7 Å². The molecule has 0 atom stereocenters. The molecule has 0 amide bonds. The van der Waals surface area contributed by atoms with Crippen LogP contribution in [0.3, 0.4) is 0 Å². The molecule has 6 nitrogen and oxygen atoms in total. The number of hydrogen-bond acceptors (Lipinski definition) is 8. The third kappa shape index (κ3) is 3.06. The van der Waals surface area contributed by atoms with Crippen molar-refractivity contribution >= 4 is 44.5 Å². The van der Waals surface area contributed by atoms with Crippen LogP contribution in [0, 0.1) is 0 Å². The molecule has 4 rings (SSSR count). The summed E-state index contributed by atoms with van der Waals surface area (Å²) >= 11 is 3.22. The molecular formula is C17H14N4O2S2. The molecule has 0 aliphatic heterocycles. The van der Waals surface area contributed by atoms with Crippen molar-refractivity contribution < 1.29 is 9.15 Å². The van der Waals surface area contributed by atoms with Gasteiger partial charge in [0.2, 0.25) is 0 Å². The Morgan fingerprint density at radius 1 is 1.12 bits per heavy atom. The SMILES string of the molecule is COc1ccccc1-c1nnc(Nc2nc3c(SC)cccc3s2)o1. The standard InChI is InChI=1S/C17H14N4O2S2/c1-22-11-7-4-3-6-10(11)15-20-21-16(23-15)19-17-18-14-12(24-2)8-5-9-13(14)25-17/h3-9H,1-2H3,(H,18,19,21). The Labute approximate surface area is 152 Å². The van der Waals surface area contributed by atoms with Gasteiger partial charge in [0.1, 0.15) is 5.75 Å². The number of methoxy groups -OCH3 is 1. The normalized spacial score (nSPS) is 11.0. The number of fused-ring (bicyclic) bond motifs is 1. The van der Waals surface area contributed by atoms with Crippen LogP contribution in [-0.2, 0) is 0 Å². The number of nitrogens with one attached hydrogen (secondary N) is 1. The Morgan fingerprint density at radius 2 is 2.00 bits per heavy atom. The van der Waals surface area contributed by atoms with Crippen LogP contribution in [-0.4, -0.2) is 28.5 Å². The fourth-order valence-electron chi connectivity index (χ4n) is 2.44. The van der Waals surface area contributed by atoms with Crippen molar-refractivity contribution in [2.24, 2.45) is 0 Å². The van der Waals surface area contributed by atoms with E-state index < -0.39 is 0 Å². The zero-order valence-electron chi connectivity index (χ0n) is 13.5. The molecule has 25 heavy (non-hydrogen) atoms. The lowest BCUT2D eigenvalue weighted by Crippen LogP contribution is -1.88. The highest BCUT2D eigenvalue weighted by Gasteiger charge is 2.14. The second kappa shape index (κ2) is 6.73. The molecule has 2 aromatic heterocycles. The number of benzene rings is 2. The molecule has 0 unspecified atom stereocenters. The minimum Gasteiger partial charge on any atom is -0.496 e. The van der Waals surface area contributed by atoms with Crippen molar-refractivity contribution in [3.63, 3.8) is 0 Å². The van der Waals surface area contributed by atoms with Gasteiger partial charge in [0.05, 0.1) is 22.9 Å². The van der Waals surface area contributed by atoms with Gasteiger partial charge in [0.15, 0.2) is 5.13 Å². The largest absolute Gasteiger partial charge is 0.496 e. The minimum absolute atomic E-state index is 0.297. The van der Waals surface area contributed by atoms with E-state index in [1.807, 2.05) is 42.7 Å². The van der Waals surface area contributed by atoms with Crippen LogP contribution in [0.4, 0.5) is 11.1 Å². The van der Waals surface area contributed by atoms with E-state index in [0.717, 1.165) is 20.7 Å². The lowest BCUT2D eigenvalue weighted by atomic mass is 10.2. The van der Waals surface area contributed by atoms with Crippen LogP contribution in [0.25, 0.3) is 21.7 Å². The van der Waals surface area contributed by atoms with Crippen LogP contribution in [0.15, 0.2) is 51.8 Å². The summed E-state index contributed by atoms with van der Waals surface area (Å²) in [5.41, 5.74) is 1.73. The molecule has 8 heteroatoms. The number of para-hydroxylation sites is 2. The van der Waals surface area contributed by atoms with Gasteiger partial charge in [-0.3, -0.25) is 5.32 Å². The first kappa shape index (κ1) is 15.9. The van der Waals surface area contributed by atoms with Gasteiger partial charge in [0.25, 0.3) is 5.89 Å². The van der Waals surface area contributed by atoms with Crippen molar-refractivity contribution in [3.8, 4) is 17.2 Å². The predicted octanol–water partition coefficient (Wildman–Crippen LogP) is 4.82. The number of nitrogens with zero attached hydrogens (tertiary/aromatic N) is 3. The van der Waals surface area contributed by atoms with Gasteiger partial charge in [-0.05, 0) is 30.5 Å². The van der Waals surface area contributed by atoms with Crippen LogP contribution < -0.4 is 10.1 Å². The van der Waals surface area contributed by atoms with Crippen molar-refractivity contribution in [3.05, 3.63) is 42.5 Å². The van der Waals surface area contributed by atoms with E-state index in [0.29, 0.717) is 22.8 Å². The molecule has 0 saturated heterocycles. The summed E-state index contributed by atoms with van der Waals surface area (Å²) in [7, 11) is 1.61. The lowest BCUT2D eigenvalue weighted by Gasteiger charge is -2.03. The fraction of sp³-hybridized carbons (Fsp3) is 0.118. The molecule has 0 radical (unpaired) electrons. The molecule has 126 valence electrons. The van der Waals surface area contributed by atoms with Gasteiger partial charge in [-0.2, -0.15) is 0 Å². The summed E-state index contributed by atoms with van der Waals surface area (Å²) in [5.74, 6) is 1.08. The lowest BCUT2D eigenvalue weighted by molar-refractivity contribution is 0.414. The average Bonchev–Trinajstić information content (AvgIpc) is 3.28. The molecule has 0 bridgehead atoms. The van der Waals surface area contributed by atoms with Crippen molar-refractivity contribution in [2.45, 2.75) is 4.90 Å². The van der Waals surface area contributed by atoms with E-state index in [9.17, 15) is 0 Å². The number of hydrogen-bond donors (Lipinski definition) is 1. The summed E-state index contributed by atoms with van der Waals surface area (Å²) in [6.07, 6.45) is 2.04. The third-order valence-corrected chi connectivity index (χ3v) is 5.28. The summed E-state index contributed by atoms with van der Waals surface area (Å²) in [5, 5.41) is 12.0. The maximum atomic E-state index is 5.72. The van der Waals surface area contributed by atoms with E-state index in [2.05, 4.69) is 26.6 Å². The topological polar surface area (TPSA) is 73.1 Å². The first-order valence-corrected chi connectivity index (χ1v) is 9.50. The monoisotopic (exact) mass is 370 g/mol. The van der Waals surface area contributed by atoms with Gasteiger partial charge in [-0.15, -0.1) is 16.9 Å². The van der Waals surface area contributed by atoms with E-state index in [4.69, 9.17) is 9.15 Å². The smallest absolute Gasteiger partial charge is 0.322 e. The number of rotatable bonds is 5. The van der Waals surface area contributed by atoms with Gasteiger partial charge in [-0.1, -0.05) is 34.6 Å². The third-order valence-electron chi connectivity index (χ3n) is 3.58. The summed E-state index contributed by atoms with van der Waals surface area (Å²) in [6.45, 7) is 0. The maximum absolute atomic E-state index is 5.72. The molecule has 0 spiro atoms. The highest BCUT2D eigenvalue weighted by atomic mass is 32.2. The van der Waals surface area contributed by atoms with Crippen LogP contribution in [0.2, 0.25) is 0 Å². The molecular weight excluding hydrogens is 356 g/mol. The highest BCUT2D eigenvalue weighted by molar-refractivity contribution is 7.98. The van der Waals surface area contributed by atoms with Crippen LogP contribution in [0.5, 0.6) is 5.75 Å². The number of ether oxygens (including phenoxy) is 1. The molecule has 0 fully saturated rings. The van der Waals surface area contributed by atoms with Crippen molar-refractivity contribution in [1.29, 1.82) is 0 Å². The zero-order chi connectivity index (χ0) is 17.2. The first-order chi connectivity index (χ1) is 12.3. The average molecular weight is 370 g/mol. The zero-order valence-corrected chi connectivity index (χ0v) is 15.1. The van der Waals surface area contributed by atoms with Gasteiger partial charge >= 0.3 is 6.01 Å². The predicted molar refractivity (Wildman–Crippen MR) is 101 cm³/mol. The Balaban J connectivity index is 1.63. The van der Waals surface area contributed by atoms with Gasteiger partial charge in [-0.25, -0.2) is 4.98 Å². The Bertz CT molecular complexity index is 1030. The van der Waals surface area contributed by atoms with Gasteiger partial charge < -0.3 is 9.15 Å². The van der Waals surface area contributed by atoms with Gasteiger partial charge in [0, 0.05) is 4.90 Å².